The molecular weight excluding hydrogens is 322 g/mol. The predicted molar refractivity (Wildman–Crippen MR) is 106 cm³/mol. The van der Waals surface area contributed by atoms with Crippen molar-refractivity contribution >= 4 is 17.2 Å². The van der Waals surface area contributed by atoms with E-state index in [-0.39, 0.29) is 5.91 Å². The van der Waals surface area contributed by atoms with Crippen molar-refractivity contribution < 1.29 is 4.79 Å². The SMILES string of the molecule is CC(=O)Nc1ccc(C#CCCN2CC=C(c3ccccc3)CC2)nc1. The second-order valence-electron chi connectivity index (χ2n) is 6.31. The van der Waals surface area contributed by atoms with Gasteiger partial charge in [-0.2, -0.15) is 0 Å². The molecule has 2 aromatic rings. The Labute approximate surface area is 154 Å². The molecule has 0 saturated heterocycles. The summed E-state index contributed by atoms with van der Waals surface area (Å²) in [5, 5.41) is 2.70. The summed E-state index contributed by atoms with van der Waals surface area (Å²) < 4.78 is 0. The number of rotatable bonds is 4. The summed E-state index contributed by atoms with van der Waals surface area (Å²) in [5.41, 5.74) is 4.19. The molecule has 3 rings (SSSR count). The number of pyridine rings is 1. The van der Waals surface area contributed by atoms with Crippen LogP contribution in [0.4, 0.5) is 5.69 Å². The largest absolute Gasteiger partial charge is 0.325 e. The zero-order valence-corrected chi connectivity index (χ0v) is 15.0. The van der Waals surface area contributed by atoms with Crippen molar-refractivity contribution in [1.29, 1.82) is 0 Å². The van der Waals surface area contributed by atoms with E-state index >= 15 is 0 Å². The third-order valence-corrected chi connectivity index (χ3v) is 4.29. The number of hydrogen-bond acceptors (Lipinski definition) is 3. The van der Waals surface area contributed by atoms with Crippen LogP contribution in [0, 0.1) is 11.8 Å². The Morgan fingerprint density at radius 1 is 1.23 bits per heavy atom. The van der Waals surface area contributed by atoms with Gasteiger partial charge in [-0.05, 0) is 35.6 Å². The summed E-state index contributed by atoms with van der Waals surface area (Å²) in [6.07, 6.45) is 5.87. The number of amides is 1. The molecule has 0 fully saturated rings. The molecule has 1 aliphatic rings. The molecule has 1 aromatic carbocycles. The highest BCUT2D eigenvalue weighted by molar-refractivity contribution is 5.88. The predicted octanol–water partition coefficient (Wildman–Crippen LogP) is 3.57. The van der Waals surface area contributed by atoms with Gasteiger partial charge in [-0.3, -0.25) is 9.69 Å². The lowest BCUT2D eigenvalue weighted by atomic mass is 9.99. The zero-order valence-electron chi connectivity index (χ0n) is 15.0. The van der Waals surface area contributed by atoms with Gasteiger partial charge in [-0.1, -0.05) is 42.3 Å². The Bertz CT molecular complexity index is 829. The van der Waals surface area contributed by atoms with Crippen molar-refractivity contribution in [2.75, 3.05) is 25.0 Å². The minimum atomic E-state index is -0.100. The topological polar surface area (TPSA) is 45.2 Å². The number of aromatic nitrogens is 1. The maximum absolute atomic E-state index is 11.0. The fourth-order valence-electron chi connectivity index (χ4n) is 2.94. The highest BCUT2D eigenvalue weighted by Crippen LogP contribution is 2.21. The first-order valence-electron chi connectivity index (χ1n) is 8.90. The van der Waals surface area contributed by atoms with Crippen LogP contribution in [0.25, 0.3) is 5.57 Å². The maximum atomic E-state index is 11.0. The van der Waals surface area contributed by atoms with E-state index in [2.05, 4.69) is 63.4 Å². The number of carbonyl (C=O) groups is 1. The van der Waals surface area contributed by atoms with Crippen molar-refractivity contribution in [1.82, 2.24) is 9.88 Å². The van der Waals surface area contributed by atoms with Crippen LogP contribution in [0.5, 0.6) is 0 Å². The van der Waals surface area contributed by atoms with Crippen LogP contribution in [0.3, 0.4) is 0 Å². The van der Waals surface area contributed by atoms with Crippen molar-refractivity contribution in [3.05, 3.63) is 66.0 Å². The lowest BCUT2D eigenvalue weighted by molar-refractivity contribution is -0.114. The molecule has 2 heterocycles. The van der Waals surface area contributed by atoms with E-state index in [1.165, 1.54) is 18.1 Å². The summed E-state index contributed by atoms with van der Waals surface area (Å²) >= 11 is 0. The molecule has 0 radical (unpaired) electrons. The second kappa shape index (κ2) is 8.98. The van der Waals surface area contributed by atoms with Crippen molar-refractivity contribution in [3.8, 4) is 11.8 Å². The van der Waals surface area contributed by atoms with Gasteiger partial charge in [0.05, 0.1) is 11.9 Å². The average Bonchev–Trinajstić information content (AvgIpc) is 2.67. The van der Waals surface area contributed by atoms with Crippen LogP contribution in [-0.4, -0.2) is 35.4 Å². The number of nitrogens with zero attached hydrogens (tertiary/aromatic N) is 2. The van der Waals surface area contributed by atoms with Crippen LogP contribution < -0.4 is 5.32 Å². The first-order chi connectivity index (χ1) is 12.7. The molecule has 1 aromatic heterocycles. The van der Waals surface area contributed by atoms with E-state index in [4.69, 9.17) is 0 Å². The van der Waals surface area contributed by atoms with Crippen LogP contribution >= 0.6 is 0 Å². The van der Waals surface area contributed by atoms with E-state index in [1.807, 2.05) is 12.1 Å². The van der Waals surface area contributed by atoms with Gasteiger partial charge < -0.3 is 5.32 Å². The summed E-state index contributed by atoms with van der Waals surface area (Å²) in [5.74, 6) is 6.17. The van der Waals surface area contributed by atoms with E-state index < -0.39 is 0 Å². The number of nitrogens with one attached hydrogen (secondary N) is 1. The minimum Gasteiger partial charge on any atom is -0.325 e. The quantitative estimate of drug-likeness (QED) is 0.862. The molecule has 1 N–H and O–H groups in total. The van der Waals surface area contributed by atoms with E-state index in [0.29, 0.717) is 5.69 Å². The molecule has 0 spiro atoms. The Kier molecular flexibility index (Phi) is 6.19. The molecule has 26 heavy (non-hydrogen) atoms. The average molecular weight is 345 g/mol. The molecule has 1 aliphatic heterocycles. The Morgan fingerprint density at radius 2 is 2.08 bits per heavy atom. The first kappa shape index (κ1) is 17.9. The van der Waals surface area contributed by atoms with Gasteiger partial charge >= 0.3 is 0 Å². The summed E-state index contributed by atoms with van der Waals surface area (Å²) in [6, 6.07) is 14.2. The maximum Gasteiger partial charge on any atom is 0.221 e. The highest BCUT2D eigenvalue weighted by Gasteiger charge is 2.11. The lowest BCUT2D eigenvalue weighted by Gasteiger charge is -2.25. The molecule has 0 unspecified atom stereocenters. The second-order valence-corrected chi connectivity index (χ2v) is 6.31. The number of anilines is 1. The van der Waals surface area contributed by atoms with Gasteiger partial charge in [0.25, 0.3) is 0 Å². The Balaban J connectivity index is 1.45. The zero-order chi connectivity index (χ0) is 18.2. The van der Waals surface area contributed by atoms with E-state index in [9.17, 15) is 4.79 Å². The fourth-order valence-corrected chi connectivity index (χ4v) is 2.94. The normalized spacial score (nSPS) is 14.1. The first-order valence-corrected chi connectivity index (χ1v) is 8.90. The lowest BCUT2D eigenvalue weighted by Crippen LogP contribution is -2.29. The molecule has 4 heteroatoms. The van der Waals surface area contributed by atoms with Crippen LogP contribution in [-0.2, 0) is 4.79 Å². The summed E-state index contributed by atoms with van der Waals surface area (Å²) in [6.45, 7) is 4.50. The van der Waals surface area contributed by atoms with Gasteiger partial charge in [-0.15, -0.1) is 0 Å². The molecule has 0 aliphatic carbocycles. The van der Waals surface area contributed by atoms with Gasteiger partial charge in [-0.25, -0.2) is 4.98 Å². The molecule has 0 atom stereocenters. The number of carbonyl (C=O) groups excluding carboxylic acids is 1. The minimum absolute atomic E-state index is 0.100. The van der Waals surface area contributed by atoms with Crippen LogP contribution in [0.2, 0.25) is 0 Å². The third kappa shape index (κ3) is 5.30. The van der Waals surface area contributed by atoms with Crippen LogP contribution in [0.15, 0.2) is 54.7 Å². The fraction of sp³-hybridized carbons (Fsp3) is 0.273. The third-order valence-electron chi connectivity index (χ3n) is 4.29. The summed E-state index contributed by atoms with van der Waals surface area (Å²) in [7, 11) is 0. The number of hydrogen-bond donors (Lipinski definition) is 1. The Hall–Kier alpha value is -2.90. The molecule has 132 valence electrons. The van der Waals surface area contributed by atoms with E-state index in [0.717, 1.165) is 38.2 Å². The van der Waals surface area contributed by atoms with Crippen LogP contribution in [0.1, 0.15) is 31.0 Å². The monoisotopic (exact) mass is 345 g/mol. The van der Waals surface area contributed by atoms with Gasteiger partial charge in [0.1, 0.15) is 5.69 Å². The molecule has 1 amide bonds. The number of benzene rings is 1. The standard InChI is InChI=1S/C22H23N3O/c1-18(26)24-22-11-10-21(23-17-22)9-5-6-14-25-15-12-20(13-16-25)19-7-3-2-4-8-19/h2-4,7-8,10-12,17H,6,13-16H2,1H3,(H,24,26). The van der Waals surface area contributed by atoms with Crippen molar-refractivity contribution in [3.63, 3.8) is 0 Å². The molecule has 4 nitrogen and oxygen atoms in total. The summed E-state index contributed by atoms with van der Waals surface area (Å²) in [4.78, 5) is 17.7. The molecule has 0 saturated carbocycles. The van der Waals surface area contributed by atoms with Gasteiger partial charge in [0, 0.05) is 33.0 Å². The van der Waals surface area contributed by atoms with Crippen molar-refractivity contribution in [2.45, 2.75) is 19.8 Å². The molecular formula is C22H23N3O. The van der Waals surface area contributed by atoms with Gasteiger partial charge in [0.15, 0.2) is 0 Å². The van der Waals surface area contributed by atoms with E-state index in [1.54, 1.807) is 6.20 Å². The smallest absolute Gasteiger partial charge is 0.221 e. The Morgan fingerprint density at radius 3 is 2.73 bits per heavy atom. The van der Waals surface area contributed by atoms with Gasteiger partial charge in [0.2, 0.25) is 5.91 Å². The highest BCUT2D eigenvalue weighted by atomic mass is 16.1. The van der Waals surface area contributed by atoms with Crippen molar-refractivity contribution in [2.24, 2.45) is 0 Å². The molecule has 0 bridgehead atoms.